The first-order valence-corrected chi connectivity index (χ1v) is 7.28. The second-order valence-corrected chi connectivity index (χ2v) is 6.13. The molecular formula is C15H15ClN2O4. The number of nitrogens with one attached hydrogen (secondary N) is 1. The van der Waals surface area contributed by atoms with Gasteiger partial charge in [0.2, 0.25) is 5.91 Å². The number of hydrogen-bond acceptors (Lipinski definition) is 4. The molecule has 4 rings (SSSR count). The van der Waals surface area contributed by atoms with E-state index in [1.165, 1.54) is 12.0 Å². The lowest BCUT2D eigenvalue weighted by molar-refractivity contribution is -0.170. The van der Waals surface area contributed by atoms with Crippen LogP contribution in [0.5, 0.6) is 0 Å². The Morgan fingerprint density at radius 1 is 1.41 bits per heavy atom. The van der Waals surface area contributed by atoms with Crippen molar-refractivity contribution in [2.24, 2.45) is 5.92 Å². The summed E-state index contributed by atoms with van der Waals surface area (Å²) in [6, 6.07) is 8.36. The average molecular weight is 323 g/mol. The van der Waals surface area contributed by atoms with E-state index < -0.39 is 28.8 Å². The van der Waals surface area contributed by atoms with Gasteiger partial charge < -0.3 is 15.0 Å². The van der Waals surface area contributed by atoms with Gasteiger partial charge in [-0.25, -0.2) is 0 Å². The van der Waals surface area contributed by atoms with Crippen LogP contribution < -0.4 is 5.32 Å². The van der Waals surface area contributed by atoms with Crippen LogP contribution in [0.1, 0.15) is 12.0 Å². The minimum absolute atomic E-state index is 0.0434. The maximum atomic E-state index is 12.5. The molecule has 3 heterocycles. The Morgan fingerprint density at radius 2 is 2.09 bits per heavy atom. The summed E-state index contributed by atoms with van der Waals surface area (Å²) in [5.41, 5.74) is 0.861. The van der Waals surface area contributed by atoms with Crippen molar-refractivity contribution in [2.75, 3.05) is 7.11 Å². The van der Waals surface area contributed by atoms with Crippen LogP contribution in [0, 0.1) is 5.92 Å². The van der Waals surface area contributed by atoms with E-state index in [0.717, 1.165) is 5.56 Å². The smallest absolute Gasteiger partial charge is 0.311 e. The molecule has 3 aliphatic rings. The fraction of sp³-hybridized carbons (Fsp3) is 0.400. The Balaban J connectivity index is 1.96. The van der Waals surface area contributed by atoms with Crippen LogP contribution in [0.3, 0.4) is 0 Å². The largest absolute Gasteiger partial charge is 0.469 e. The van der Waals surface area contributed by atoms with Gasteiger partial charge in [0.1, 0.15) is 6.04 Å². The summed E-state index contributed by atoms with van der Waals surface area (Å²) in [5, 5.41) is 2.49. The molecule has 22 heavy (non-hydrogen) atoms. The van der Waals surface area contributed by atoms with Crippen molar-refractivity contribution in [1.29, 1.82) is 0 Å². The summed E-state index contributed by atoms with van der Waals surface area (Å²) in [5.74, 6) is -2.09. The van der Waals surface area contributed by atoms with Crippen LogP contribution in [0.15, 0.2) is 30.3 Å². The average Bonchev–Trinajstić information content (AvgIpc) is 2.51. The van der Waals surface area contributed by atoms with E-state index in [1.54, 1.807) is 0 Å². The molecule has 0 aromatic heterocycles. The van der Waals surface area contributed by atoms with Gasteiger partial charge in [-0.05, 0) is 5.56 Å². The third-order valence-corrected chi connectivity index (χ3v) is 4.52. The van der Waals surface area contributed by atoms with Crippen LogP contribution >= 0.6 is 11.6 Å². The molecule has 1 aromatic carbocycles. The number of carbonyl (C=O) groups excluding carboxylic acids is 3. The third kappa shape index (κ3) is 2.23. The number of alkyl halides is 1. The number of ether oxygens (including phenoxy) is 1. The number of halogens is 1. The van der Waals surface area contributed by atoms with E-state index in [0.29, 0.717) is 0 Å². The van der Waals surface area contributed by atoms with Gasteiger partial charge in [-0.1, -0.05) is 41.9 Å². The number of carbonyl (C=O) groups is 3. The van der Waals surface area contributed by atoms with Crippen molar-refractivity contribution in [3.05, 3.63) is 35.9 Å². The second kappa shape index (κ2) is 5.28. The zero-order chi connectivity index (χ0) is 15.9. The Morgan fingerprint density at radius 3 is 2.73 bits per heavy atom. The SMILES string of the molecule is COC(=O)[C@@H]1C[C@@]2(Cl)NC(=O)[C@@H]1N(Cc1ccccc1)C2=O. The molecule has 0 aliphatic carbocycles. The molecule has 3 aliphatic heterocycles. The fourth-order valence-electron chi connectivity index (χ4n) is 3.08. The molecule has 1 N–H and O–H groups in total. The number of nitrogens with zero attached hydrogens (tertiary/aromatic N) is 1. The first kappa shape index (κ1) is 14.8. The van der Waals surface area contributed by atoms with Gasteiger partial charge in [-0.3, -0.25) is 14.4 Å². The minimum atomic E-state index is -1.57. The van der Waals surface area contributed by atoms with Crippen molar-refractivity contribution in [3.63, 3.8) is 0 Å². The minimum Gasteiger partial charge on any atom is -0.469 e. The van der Waals surface area contributed by atoms with E-state index >= 15 is 0 Å². The molecule has 0 saturated carbocycles. The van der Waals surface area contributed by atoms with E-state index in [-0.39, 0.29) is 18.9 Å². The highest BCUT2D eigenvalue weighted by Crippen LogP contribution is 2.40. The molecular weight excluding hydrogens is 308 g/mol. The molecule has 0 unspecified atom stereocenters. The predicted octanol–water partition coefficient (Wildman–Crippen LogP) is 0.642. The van der Waals surface area contributed by atoms with Gasteiger partial charge in [0, 0.05) is 13.0 Å². The first-order valence-electron chi connectivity index (χ1n) is 6.90. The highest BCUT2D eigenvalue weighted by atomic mass is 35.5. The highest BCUT2D eigenvalue weighted by Gasteiger charge is 2.61. The summed E-state index contributed by atoms with van der Waals surface area (Å²) < 4.78 is 4.75. The number of methoxy groups -OCH3 is 1. The Bertz CT molecular complexity index is 636. The molecule has 0 spiro atoms. The van der Waals surface area contributed by atoms with E-state index in [9.17, 15) is 14.4 Å². The molecule has 1 aromatic rings. The summed E-state index contributed by atoms with van der Waals surface area (Å²) in [4.78, 5) is 36.5. The normalized spacial score (nSPS) is 30.2. The topological polar surface area (TPSA) is 75.7 Å². The van der Waals surface area contributed by atoms with Crippen molar-refractivity contribution in [2.45, 2.75) is 24.0 Å². The van der Waals surface area contributed by atoms with Gasteiger partial charge in [0.05, 0.1) is 13.0 Å². The molecule has 116 valence electrons. The molecule has 2 bridgehead atoms. The Kier molecular flexibility index (Phi) is 3.56. The number of fused-ring (bicyclic) bond motifs is 3. The van der Waals surface area contributed by atoms with Crippen molar-refractivity contribution in [3.8, 4) is 0 Å². The maximum absolute atomic E-state index is 12.5. The standard InChI is InChI=1S/C15H15ClN2O4/c1-22-13(20)10-7-15(16)14(21)18(11(10)12(19)17-15)8-9-5-3-2-4-6-9/h2-6,10-11H,7-8H2,1H3,(H,17,19)/t10-,11-,15-/m1/s1. The van der Waals surface area contributed by atoms with Crippen LogP contribution in [0.2, 0.25) is 0 Å². The van der Waals surface area contributed by atoms with Gasteiger partial charge in [-0.2, -0.15) is 0 Å². The van der Waals surface area contributed by atoms with E-state index in [2.05, 4.69) is 5.32 Å². The lowest BCUT2D eigenvalue weighted by Crippen LogP contribution is -2.75. The molecule has 2 amide bonds. The summed E-state index contributed by atoms with van der Waals surface area (Å²) in [6.07, 6.45) is 0.0434. The predicted molar refractivity (Wildman–Crippen MR) is 77.6 cm³/mol. The second-order valence-electron chi connectivity index (χ2n) is 5.49. The van der Waals surface area contributed by atoms with Gasteiger partial charge in [-0.15, -0.1) is 0 Å². The first-order chi connectivity index (χ1) is 10.5. The van der Waals surface area contributed by atoms with Crippen molar-refractivity contribution < 1.29 is 19.1 Å². The quantitative estimate of drug-likeness (QED) is 0.503. The highest BCUT2D eigenvalue weighted by molar-refractivity contribution is 6.37. The third-order valence-electron chi connectivity index (χ3n) is 4.11. The monoisotopic (exact) mass is 322 g/mol. The Hall–Kier alpha value is -2.08. The van der Waals surface area contributed by atoms with Gasteiger partial charge >= 0.3 is 5.97 Å². The lowest BCUT2D eigenvalue weighted by Gasteiger charge is -2.51. The van der Waals surface area contributed by atoms with Crippen molar-refractivity contribution in [1.82, 2.24) is 10.2 Å². The summed E-state index contributed by atoms with van der Waals surface area (Å²) in [7, 11) is 1.26. The molecule has 0 radical (unpaired) electrons. The van der Waals surface area contributed by atoms with Crippen LogP contribution in [-0.2, 0) is 25.7 Å². The molecule has 3 saturated heterocycles. The molecule has 3 fully saturated rings. The lowest BCUT2D eigenvalue weighted by atomic mass is 9.80. The zero-order valence-electron chi connectivity index (χ0n) is 11.9. The van der Waals surface area contributed by atoms with Crippen LogP contribution in [0.25, 0.3) is 0 Å². The summed E-state index contributed by atoms with van der Waals surface area (Å²) >= 11 is 6.27. The number of rotatable bonds is 3. The van der Waals surface area contributed by atoms with Crippen LogP contribution in [0.4, 0.5) is 0 Å². The number of esters is 1. The van der Waals surface area contributed by atoms with Crippen molar-refractivity contribution >= 4 is 29.4 Å². The fourth-order valence-corrected chi connectivity index (χ4v) is 3.45. The van der Waals surface area contributed by atoms with E-state index in [1.807, 2.05) is 30.3 Å². The Labute approximate surface area is 132 Å². The van der Waals surface area contributed by atoms with Crippen LogP contribution in [-0.4, -0.2) is 40.8 Å². The number of piperazine rings is 1. The van der Waals surface area contributed by atoms with E-state index in [4.69, 9.17) is 16.3 Å². The molecule has 7 heteroatoms. The molecule has 6 nitrogen and oxygen atoms in total. The number of piperidine rings is 2. The van der Waals surface area contributed by atoms with Gasteiger partial charge in [0.25, 0.3) is 5.91 Å². The summed E-state index contributed by atoms with van der Waals surface area (Å²) in [6.45, 7) is 0.222. The zero-order valence-corrected chi connectivity index (χ0v) is 12.7. The maximum Gasteiger partial charge on any atom is 0.311 e. The number of hydrogen-bond donors (Lipinski definition) is 1. The molecule has 3 atom stereocenters. The van der Waals surface area contributed by atoms with Gasteiger partial charge in [0.15, 0.2) is 5.00 Å². The number of amides is 2. The number of benzene rings is 1.